The van der Waals surface area contributed by atoms with Gasteiger partial charge in [-0.15, -0.1) is 0 Å². The number of carbonyl (C=O) groups is 6. The molecule has 0 aromatic heterocycles. The summed E-state index contributed by atoms with van der Waals surface area (Å²) in [4.78, 5) is 73.8. The molecule has 0 rings (SSSR count). The lowest BCUT2D eigenvalue weighted by atomic mass is 10.1. The number of amides is 4. The zero-order valence-electron chi connectivity index (χ0n) is 18.7. The van der Waals surface area contributed by atoms with Crippen LogP contribution in [-0.4, -0.2) is 82.5 Å². The molecule has 0 aliphatic heterocycles. The van der Waals surface area contributed by atoms with E-state index < -0.39 is 66.2 Å². The summed E-state index contributed by atoms with van der Waals surface area (Å²) >= 11 is 0. The monoisotopic (exact) mass is 488 g/mol. The van der Waals surface area contributed by atoms with Crippen molar-refractivity contribution in [3.63, 3.8) is 0 Å². The normalized spacial score (nSPS) is 13.9. The number of nitrogens with two attached hydrogens (primary N) is 4. The standard InChI is InChI=1S/C18H32N8O8/c1-8(14(30)26-11(17(33)34)7-13(28)29)24-16(32)10(3-2-6-23-18(21)22)25-15(31)9(19)4-5-12(20)27/h8-11H,2-7,19H2,1H3,(H2,20,27)(H,24,32)(H,25,31)(H,26,30)(H,28,29)(H,33,34)(H4,21,22,23). The third-order valence-corrected chi connectivity index (χ3v) is 4.36. The zero-order valence-corrected chi connectivity index (χ0v) is 18.7. The molecule has 0 aromatic carbocycles. The SMILES string of the molecule is CC(NC(=O)C(CCCN=C(N)N)NC(=O)C(N)CCC(N)=O)C(=O)NC(CC(=O)O)C(=O)O. The molecule has 0 fully saturated rings. The van der Waals surface area contributed by atoms with Crippen LogP contribution in [0.25, 0.3) is 0 Å². The van der Waals surface area contributed by atoms with E-state index in [0.717, 1.165) is 0 Å². The fraction of sp³-hybridized carbons (Fsp3) is 0.611. The molecule has 4 atom stereocenters. The van der Waals surface area contributed by atoms with Crippen molar-refractivity contribution in [2.75, 3.05) is 6.54 Å². The third-order valence-electron chi connectivity index (χ3n) is 4.36. The van der Waals surface area contributed by atoms with Gasteiger partial charge in [-0.25, -0.2) is 4.79 Å². The Labute approximate surface area is 194 Å². The number of hydrogen-bond donors (Lipinski definition) is 9. The predicted molar refractivity (Wildman–Crippen MR) is 118 cm³/mol. The highest BCUT2D eigenvalue weighted by molar-refractivity contribution is 5.94. The second-order valence-corrected chi connectivity index (χ2v) is 7.35. The summed E-state index contributed by atoms with van der Waals surface area (Å²) in [7, 11) is 0. The van der Waals surface area contributed by atoms with Gasteiger partial charge in [0.15, 0.2) is 5.96 Å². The van der Waals surface area contributed by atoms with Gasteiger partial charge in [0.05, 0.1) is 12.5 Å². The van der Waals surface area contributed by atoms with E-state index in [4.69, 9.17) is 33.1 Å². The molecule has 16 heteroatoms. The second-order valence-electron chi connectivity index (χ2n) is 7.35. The number of carbonyl (C=O) groups excluding carboxylic acids is 4. The van der Waals surface area contributed by atoms with Crippen LogP contribution in [0.2, 0.25) is 0 Å². The molecule has 4 unspecified atom stereocenters. The first-order valence-electron chi connectivity index (χ1n) is 10.2. The molecule has 0 saturated heterocycles. The summed E-state index contributed by atoms with van der Waals surface area (Å²) in [5.74, 6) is -6.33. The Morgan fingerprint density at radius 2 is 1.44 bits per heavy atom. The number of nitrogens with zero attached hydrogens (tertiary/aromatic N) is 1. The van der Waals surface area contributed by atoms with Crippen LogP contribution in [0.1, 0.15) is 39.0 Å². The molecule has 16 nitrogen and oxygen atoms in total. The minimum Gasteiger partial charge on any atom is -0.481 e. The molecule has 0 aliphatic carbocycles. The Morgan fingerprint density at radius 3 is 1.94 bits per heavy atom. The molecule has 34 heavy (non-hydrogen) atoms. The van der Waals surface area contributed by atoms with Crippen molar-refractivity contribution < 1.29 is 39.0 Å². The highest BCUT2D eigenvalue weighted by Gasteiger charge is 2.29. The van der Waals surface area contributed by atoms with Gasteiger partial charge in [-0.3, -0.25) is 29.0 Å². The van der Waals surface area contributed by atoms with Crippen molar-refractivity contribution in [3.05, 3.63) is 0 Å². The molecule has 192 valence electrons. The van der Waals surface area contributed by atoms with Crippen LogP contribution < -0.4 is 38.9 Å². The summed E-state index contributed by atoms with van der Waals surface area (Å²) in [5, 5.41) is 24.5. The van der Waals surface area contributed by atoms with E-state index in [-0.39, 0.29) is 38.2 Å². The Morgan fingerprint density at radius 1 is 0.853 bits per heavy atom. The van der Waals surface area contributed by atoms with Crippen molar-refractivity contribution in [2.45, 2.75) is 63.2 Å². The first-order chi connectivity index (χ1) is 15.7. The number of rotatable bonds is 16. The number of aliphatic carboxylic acids is 2. The predicted octanol–water partition coefficient (Wildman–Crippen LogP) is -4.33. The highest BCUT2D eigenvalue weighted by Crippen LogP contribution is 2.03. The van der Waals surface area contributed by atoms with Gasteiger partial charge in [-0.2, -0.15) is 0 Å². The number of aliphatic imine (C=N–C) groups is 1. The molecule has 13 N–H and O–H groups in total. The van der Waals surface area contributed by atoms with Gasteiger partial charge in [-0.1, -0.05) is 0 Å². The fourth-order valence-corrected chi connectivity index (χ4v) is 2.53. The molecule has 0 bridgehead atoms. The number of hydrogen-bond acceptors (Lipinski definition) is 8. The average molecular weight is 489 g/mol. The minimum atomic E-state index is -1.71. The number of guanidine groups is 1. The zero-order chi connectivity index (χ0) is 26.4. The Kier molecular flexibility index (Phi) is 13.2. The quantitative estimate of drug-likeness (QED) is 0.0568. The van der Waals surface area contributed by atoms with Gasteiger partial charge in [0.1, 0.15) is 18.1 Å². The molecule has 0 aromatic rings. The van der Waals surface area contributed by atoms with Crippen molar-refractivity contribution in [3.8, 4) is 0 Å². The van der Waals surface area contributed by atoms with Gasteiger partial charge in [0, 0.05) is 13.0 Å². The van der Waals surface area contributed by atoms with Gasteiger partial charge >= 0.3 is 11.9 Å². The van der Waals surface area contributed by atoms with Gasteiger partial charge in [-0.05, 0) is 26.2 Å². The summed E-state index contributed by atoms with van der Waals surface area (Å²) < 4.78 is 0. The lowest BCUT2D eigenvalue weighted by Gasteiger charge is -2.23. The lowest BCUT2D eigenvalue weighted by molar-refractivity contribution is -0.147. The molecule has 0 spiro atoms. The average Bonchev–Trinajstić information content (AvgIpc) is 2.72. The number of carboxylic acid groups (broad SMARTS) is 2. The van der Waals surface area contributed by atoms with E-state index in [1.807, 2.05) is 5.32 Å². The van der Waals surface area contributed by atoms with E-state index in [0.29, 0.717) is 0 Å². The Balaban J connectivity index is 5.22. The van der Waals surface area contributed by atoms with E-state index in [1.54, 1.807) is 0 Å². The lowest BCUT2D eigenvalue weighted by Crippen LogP contribution is -2.56. The highest BCUT2D eigenvalue weighted by atomic mass is 16.4. The maximum absolute atomic E-state index is 12.7. The van der Waals surface area contributed by atoms with Gasteiger partial charge in [0.25, 0.3) is 0 Å². The van der Waals surface area contributed by atoms with E-state index >= 15 is 0 Å². The van der Waals surface area contributed by atoms with Gasteiger partial charge < -0.3 is 49.1 Å². The molecular formula is C18H32N8O8. The van der Waals surface area contributed by atoms with Crippen LogP contribution in [-0.2, 0) is 28.8 Å². The molecular weight excluding hydrogens is 456 g/mol. The number of primary amides is 1. The van der Waals surface area contributed by atoms with Crippen molar-refractivity contribution in [1.29, 1.82) is 0 Å². The first-order valence-corrected chi connectivity index (χ1v) is 10.2. The van der Waals surface area contributed by atoms with Crippen LogP contribution in [0.5, 0.6) is 0 Å². The number of carboxylic acids is 2. The third kappa shape index (κ3) is 12.8. The summed E-state index contributed by atoms with van der Waals surface area (Å²) in [6.07, 6.45) is -0.764. The minimum absolute atomic E-state index is 0.0436. The largest absolute Gasteiger partial charge is 0.481 e. The van der Waals surface area contributed by atoms with Crippen LogP contribution in [0.4, 0.5) is 0 Å². The Bertz CT molecular complexity index is 799. The summed E-state index contributed by atoms with van der Waals surface area (Å²) in [5.41, 5.74) is 21.2. The van der Waals surface area contributed by atoms with Crippen molar-refractivity contribution in [1.82, 2.24) is 16.0 Å². The summed E-state index contributed by atoms with van der Waals surface area (Å²) in [6.45, 7) is 1.38. The molecule has 0 aliphatic rings. The smallest absolute Gasteiger partial charge is 0.326 e. The molecule has 0 saturated carbocycles. The van der Waals surface area contributed by atoms with E-state index in [2.05, 4.69) is 15.6 Å². The van der Waals surface area contributed by atoms with Gasteiger partial charge in [0.2, 0.25) is 23.6 Å². The van der Waals surface area contributed by atoms with Crippen LogP contribution in [0.15, 0.2) is 4.99 Å². The van der Waals surface area contributed by atoms with Crippen LogP contribution >= 0.6 is 0 Å². The maximum Gasteiger partial charge on any atom is 0.326 e. The van der Waals surface area contributed by atoms with Crippen LogP contribution in [0, 0.1) is 0 Å². The topological polar surface area (TPSA) is 295 Å². The second kappa shape index (κ2) is 15.0. The number of nitrogens with one attached hydrogen (secondary N) is 3. The van der Waals surface area contributed by atoms with Crippen molar-refractivity contribution in [2.24, 2.45) is 27.9 Å². The maximum atomic E-state index is 12.7. The first kappa shape index (κ1) is 30.1. The van der Waals surface area contributed by atoms with E-state index in [9.17, 15) is 28.8 Å². The fourth-order valence-electron chi connectivity index (χ4n) is 2.53. The Hall–Kier alpha value is -3.95. The van der Waals surface area contributed by atoms with Crippen molar-refractivity contribution >= 4 is 41.5 Å². The van der Waals surface area contributed by atoms with Crippen LogP contribution in [0.3, 0.4) is 0 Å². The molecule has 0 heterocycles. The molecule has 0 radical (unpaired) electrons. The van der Waals surface area contributed by atoms with E-state index in [1.165, 1.54) is 6.92 Å². The molecule has 4 amide bonds. The summed E-state index contributed by atoms with van der Waals surface area (Å²) in [6, 6.07) is -5.29.